The first-order valence-corrected chi connectivity index (χ1v) is 10.2. The van der Waals surface area contributed by atoms with E-state index in [1.165, 1.54) is 25.7 Å². The van der Waals surface area contributed by atoms with Crippen molar-refractivity contribution in [2.45, 2.75) is 43.7 Å². The van der Waals surface area contributed by atoms with Crippen LogP contribution in [0.4, 0.5) is 5.69 Å². The van der Waals surface area contributed by atoms with Crippen LogP contribution in [0.25, 0.3) is 0 Å². The fourth-order valence-corrected chi connectivity index (χ4v) is 4.10. The predicted octanol–water partition coefficient (Wildman–Crippen LogP) is 2.34. The summed E-state index contributed by atoms with van der Waals surface area (Å²) in [6.07, 6.45) is 6.69. The summed E-state index contributed by atoms with van der Waals surface area (Å²) < 4.78 is 24.6. The fraction of sp³-hybridized carbons (Fsp3) is 0.471. The Morgan fingerprint density at radius 1 is 1.20 bits per heavy atom. The number of sulfone groups is 1. The molecule has 7 nitrogen and oxygen atoms in total. The molecule has 3 rings (SSSR count). The largest absolute Gasteiger partial charge is 0.325 e. The molecule has 0 unspecified atom stereocenters. The highest BCUT2D eigenvalue weighted by Crippen LogP contribution is 2.28. The molecule has 1 heterocycles. The molecule has 1 saturated carbocycles. The van der Waals surface area contributed by atoms with Crippen LogP contribution in [-0.2, 0) is 21.1 Å². The molecule has 8 heteroatoms. The minimum absolute atomic E-state index is 0.308. The van der Waals surface area contributed by atoms with Gasteiger partial charge in [-0.25, -0.2) is 13.4 Å². The van der Waals surface area contributed by atoms with Gasteiger partial charge in [0, 0.05) is 12.1 Å². The van der Waals surface area contributed by atoms with Crippen LogP contribution >= 0.6 is 0 Å². The van der Waals surface area contributed by atoms with Crippen molar-refractivity contribution in [2.24, 2.45) is 5.92 Å². The smallest absolute Gasteiger partial charge is 0.267 e. The summed E-state index contributed by atoms with van der Waals surface area (Å²) in [4.78, 5) is 16.0. The Morgan fingerprint density at radius 2 is 1.92 bits per heavy atom. The number of hydrogen-bond acceptors (Lipinski definition) is 5. The van der Waals surface area contributed by atoms with Gasteiger partial charge in [0.15, 0.2) is 0 Å². The predicted molar refractivity (Wildman–Crippen MR) is 93.8 cm³/mol. The Kier molecular flexibility index (Phi) is 5.47. The zero-order chi connectivity index (χ0) is 17.7. The molecule has 0 aliphatic heterocycles. The highest BCUT2D eigenvalue weighted by atomic mass is 32.2. The second kappa shape index (κ2) is 7.77. The molecule has 0 bridgehead atoms. The van der Waals surface area contributed by atoms with Crippen LogP contribution in [0.1, 0.15) is 37.9 Å². The number of nitrogens with one attached hydrogen (secondary N) is 2. The molecular weight excluding hydrogens is 340 g/mol. The van der Waals surface area contributed by atoms with Gasteiger partial charge >= 0.3 is 0 Å². The standard InChI is InChI=1S/C17H22N4O3S/c22-16(18-14-8-2-1-3-9-14)12-25(23,24)17-19-15(20-21-17)11-10-13-6-4-5-7-13/h1-3,8-9,13H,4-7,10-12H2,(H,18,22)(H,19,20,21). The van der Waals surface area contributed by atoms with Crippen LogP contribution in [0.3, 0.4) is 0 Å². The number of H-pyrrole nitrogens is 1. The average Bonchev–Trinajstić information content (AvgIpc) is 3.25. The van der Waals surface area contributed by atoms with Crippen molar-refractivity contribution in [1.82, 2.24) is 15.2 Å². The lowest BCUT2D eigenvalue weighted by atomic mass is 10.0. The molecule has 0 radical (unpaired) electrons. The minimum atomic E-state index is -3.86. The molecule has 1 aromatic carbocycles. The molecule has 0 spiro atoms. The van der Waals surface area contributed by atoms with Crippen molar-refractivity contribution in [2.75, 3.05) is 11.1 Å². The Hall–Kier alpha value is -2.22. The SMILES string of the molecule is O=C(CS(=O)(=O)c1n[nH]c(CCC2CCCC2)n1)Nc1ccccc1. The average molecular weight is 362 g/mol. The number of rotatable bonds is 7. The van der Waals surface area contributed by atoms with Crippen molar-refractivity contribution in [3.05, 3.63) is 36.2 Å². The first-order valence-electron chi connectivity index (χ1n) is 8.52. The molecule has 0 atom stereocenters. The van der Waals surface area contributed by atoms with Crippen LogP contribution < -0.4 is 5.32 Å². The summed E-state index contributed by atoms with van der Waals surface area (Å²) in [5.74, 6) is -0.0267. The van der Waals surface area contributed by atoms with Gasteiger partial charge in [-0.05, 0) is 24.5 Å². The number of anilines is 1. The number of aromatic amines is 1. The van der Waals surface area contributed by atoms with E-state index in [0.717, 1.165) is 6.42 Å². The summed E-state index contributed by atoms with van der Waals surface area (Å²) in [6.45, 7) is 0. The zero-order valence-corrected chi connectivity index (χ0v) is 14.8. The monoisotopic (exact) mass is 362 g/mol. The van der Waals surface area contributed by atoms with Crippen LogP contribution in [0.2, 0.25) is 0 Å². The summed E-state index contributed by atoms with van der Waals surface area (Å²) in [5.41, 5.74) is 0.551. The van der Waals surface area contributed by atoms with Gasteiger partial charge in [0.1, 0.15) is 11.6 Å². The molecule has 1 aliphatic rings. The molecule has 2 aromatic rings. The van der Waals surface area contributed by atoms with E-state index in [2.05, 4.69) is 20.5 Å². The first kappa shape index (κ1) is 17.6. The van der Waals surface area contributed by atoms with E-state index in [-0.39, 0.29) is 5.16 Å². The van der Waals surface area contributed by atoms with Gasteiger partial charge in [0.25, 0.3) is 5.16 Å². The number of para-hydroxylation sites is 1. The lowest BCUT2D eigenvalue weighted by molar-refractivity contribution is -0.113. The van der Waals surface area contributed by atoms with Crippen molar-refractivity contribution in [1.29, 1.82) is 0 Å². The molecule has 1 amide bonds. The third-order valence-electron chi connectivity index (χ3n) is 4.43. The van der Waals surface area contributed by atoms with E-state index >= 15 is 0 Å². The van der Waals surface area contributed by atoms with Gasteiger partial charge in [-0.3, -0.25) is 9.89 Å². The second-order valence-corrected chi connectivity index (χ2v) is 8.31. The summed E-state index contributed by atoms with van der Waals surface area (Å²) >= 11 is 0. The number of benzene rings is 1. The molecule has 2 N–H and O–H groups in total. The second-order valence-electron chi connectivity index (χ2n) is 6.43. The maximum absolute atomic E-state index is 12.3. The Bertz CT molecular complexity index is 811. The van der Waals surface area contributed by atoms with E-state index < -0.39 is 21.5 Å². The van der Waals surface area contributed by atoms with Gasteiger partial charge in [0.2, 0.25) is 15.7 Å². The van der Waals surface area contributed by atoms with Crippen molar-refractivity contribution in [3.8, 4) is 0 Å². The quantitative estimate of drug-likeness (QED) is 0.786. The first-order chi connectivity index (χ1) is 12.0. The third kappa shape index (κ3) is 4.88. The van der Waals surface area contributed by atoms with Gasteiger partial charge in [-0.1, -0.05) is 43.9 Å². The van der Waals surface area contributed by atoms with Gasteiger partial charge < -0.3 is 5.32 Å². The number of aromatic nitrogens is 3. The lowest BCUT2D eigenvalue weighted by Gasteiger charge is -2.05. The van der Waals surface area contributed by atoms with Crippen LogP contribution in [0.5, 0.6) is 0 Å². The summed E-state index contributed by atoms with van der Waals surface area (Å²) in [7, 11) is -3.86. The molecule has 1 fully saturated rings. The van der Waals surface area contributed by atoms with E-state index in [4.69, 9.17) is 0 Å². The van der Waals surface area contributed by atoms with E-state index in [1.54, 1.807) is 24.3 Å². The molecule has 1 aliphatic carbocycles. The maximum Gasteiger partial charge on any atom is 0.267 e. The van der Waals surface area contributed by atoms with E-state index in [9.17, 15) is 13.2 Å². The number of amides is 1. The van der Waals surface area contributed by atoms with E-state index in [0.29, 0.717) is 23.9 Å². The number of aryl methyl sites for hydroxylation is 1. The Morgan fingerprint density at radius 3 is 2.64 bits per heavy atom. The summed E-state index contributed by atoms with van der Waals surface area (Å²) in [6, 6.07) is 8.72. The van der Waals surface area contributed by atoms with Crippen molar-refractivity contribution in [3.63, 3.8) is 0 Å². The topological polar surface area (TPSA) is 105 Å². The number of hydrogen-bond donors (Lipinski definition) is 2. The van der Waals surface area contributed by atoms with Gasteiger partial charge in [0.05, 0.1) is 0 Å². The highest BCUT2D eigenvalue weighted by Gasteiger charge is 2.24. The van der Waals surface area contributed by atoms with Gasteiger partial charge in [-0.15, -0.1) is 5.10 Å². The molecule has 25 heavy (non-hydrogen) atoms. The Balaban J connectivity index is 1.57. The highest BCUT2D eigenvalue weighted by molar-refractivity contribution is 7.92. The van der Waals surface area contributed by atoms with Gasteiger partial charge in [-0.2, -0.15) is 0 Å². The molecular formula is C17H22N4O3S. The molecule has 134 valence electrons. The van der Waals surface area contributed by atoms with Crippen LogP contribution in [0, 0.1) is 5.92 Å². The molecule has 1 aromatic heterocycles. The molecule has 0 saturated heterocycles. The van der Waals surface area contributed by atoms with Crippen LogP contribution in [-0.4, -0.2) is 35.3 Å². The number of carbonyl (C=O) groups excluding carboxylic acids is 1. The zero-order valence-electron chi connectivity index (χ0n) is 13.9. The van der Waals surface area contributed by atoms with Crippen LogP contribution in [0.15, 0.2) is 35.5 Å². The maximum atomic E-state index is 12.3. The fourth-order valence-electron chi connectivity index (χ4n) is 3.12. The Labute approximate surface area is 147 Å². The van der Waals surface area contributed by atoms with Crippen molar-refractivity contribution < 1.29 is 13.2 Å². The normalized spacial score (nSPS) is 15.4. The number of nitrogens with zero attached hydrogens (tertiary/aromatic N) is 2. The van der Waals surface area contributed by atoms with E-state index in [1.807, 2.05) is 6.07 Å². The van der Waals surface area contributed by atoms with Crippen molar-refractivity contribution >= 4 is 21.4 Å². The minimum Gasteiger partial charge on any atom is -0.325 e. The summed E-state index contributed by atoms with van der Waals surface area (Å²) in [5, 5.41) is 8.72. The third-order valence-corrected chi connectivity index (χ3v) is 5.81. The number of carbonyl (C=O) groups is 1. The lowest BCUT2D eigenvalue weighted by Crippen LogP contribution is -2.23.